The van der Waals surface area contributed by atoms with Crippen molar-refractivity contribution in [2.45, 2.75) is 32.6 Å². The second-order valence-electron chi connectivity index (χ2n) is 4.37. The summed E-state index contributed by atoms with van der Waals surface area (Å²) in [5.41, 5.74) is 0.659. The molecule has 1 aliphatic heterocycles. The van der Waals surface area contributed by atoms with Gasteiger partial charge in [-0.2, -0.15) is 0 Å². The molecule has 3 nitrogen and oxygen atoms in total. The summed E-state index contributed by atoms with van der Waals surface area (Å²) in [6, 6.07) is 3.47. The van der Waals surface area contributed by atoms with Crippen LogP contribution < -0.4 is 9.63 Å². The van der Waals surface area contributed by atoms with Gasteiger partial charge < -0.3 is 5.21 Å². The summed E-state index contributed by atoms with van der Waals surface area (Å²) in [6.07, 6.45) is 4.83. The molecule has 0 N–H and O–H groups in total. The van der Waals surface area contributed by atoms with Crippen molar-refractivity contribution in [2.24, 2.45) is 0 Å². The quantitative estimate of drug-likeness (QED) is 0.583. The zero-order valence-corrected chi connectivity index (χ0v) is 11.6. The Morgan fingerprint density at radius 1 is 1.18 bits per heavy atom. The van der Waals surface area contributed by atoms with E-state index in [1.54, 1.807) is 19.1 Å². The summed E-state index contributed by atoms with van der Waals surface area (Å²) in [5, 5.41) is 12.6. The fraction of sp³-hybridized carbons (Fsp3) is 0.583. The maximum absolute atomic E-state index is 11.9. The first kappa shape index (κ1) is 14.4. The van der Waals surface area contributed by atoms with Crippen LogP contribution in [0.15, 0.2) is 12.1 Å². The maximum atomic E-state index is 11.9. The van der Waals surface area contributed by atoms with Gasteiger partial charge in [0.2, 0.25) is 0 Å². The number of aryl methyl sites for hydroxylation is 1. The molecule has 0 spiro atoms. The lowest BCUT2D eigenvalue weighted by atomic mass is 10.2. The highest BCUT2D eigenvalue weighted by Gasteiger charge is 2.20. The van der Waals surface area contributed by atoms with Crippen molar-refractivity contribution in [3.8, 4) is 0 Å². The summed E-state index contributed by atoms with van der Waals surface area (Å²) in [4.78, 5) is 2.15. The monoisotopic (exact) mass is 276 g/mol. The Morgan fingerprint density at radius 2 is 1.76 bits per heavy atom. The van der Waals surface area contributed by atoms with Crippen LogP contribution in [-0.2, 0) is 0 Å². The summed E-state index contributed by atoms with van der Waals surface area (Å²) < 4.78 is 0.983. The number of hydrogen-bond donors (Lipinski definition) is 0. The predicted molar refractivity (Wildman–Crippen MR) is 73.1 cm³/mol. The van der Waals surface area contributed by atoms with Crippen LogP contribution in [0.3, 0.4) is 0 Å². The largest absolute Gasteiger partial charge is 0.710 e. The number of aromatic nitrogens is 1. The molecule has 5 heteroatoms. The molecule has 0 aromatic carbocycles. The molecule has 0 atom stereocenters. The SMILES string of the molecule is Cc1cc(Cl)cc(N2CCCCCC2)[n+]1[O-].Cl. The third-order valence-electron chi connectivity index (χ3n) is 3.07. The number of anilines is 1. The summed E-state index contributed by atoms with van der Waals surface area (Å²) in [7, 11) is 0. The number of rotatable bonds is 1. The third kappa shape index (κ3) is 3.39. The highest BCUT2D eigenvalue weighted by molar-refractivity contribution is 6.30. The molecule has 0 aliphatic carbocycles. The molecule has 2 heterocycles. The molecule has 0 saturated carbocycles. The molecule has 1 aromatic rings. The highest BCUT2D eigenvalue weighted by Crippen LogP contribution is 2.20. The third-order valence-corrected chi connectivity index (χ3v) is 3.29. The highest BCUT2D eigenvalue weighted by atomic mass is 35.5. The van der Waals surface area contributed by atoms with Crippen molar-refractivity contribution < 1.29 is 4.73 Å². The fourth-order valence-electron chi connectivity index (χ4n) is 2.18. The van der Waals surface area contributed by atoms with Gasteiger partial charge in [-0.1, -0.05) is 11.6 Å². The molecule has 2 rings (SSSR count). The van der Waals surface area contributed by atoms with Crippen LogP contribution in [0.4, 0.5) is 5.82 Å². The van der Waals surface area contributed by atoms with Crippen molar-refractivity contribution >= 4 is 29.8 Å². The Morgan fingerprint density at radius 3 is 2.35 bits per heavy atom. The van der Waals surface area contributed by atoms with E-state index in [2.05, 4.69) is 4.90 Å². The van der Waals surface area contributed by atoms with Gasteiger partial charge >= 0.3 is 0 Å². The van der Waals surface area contributed by atoms with Crippen molar-refractivity contribution in [3.63, 3.8) is 0 Å². The molecule has 17 heavy (non-hydrogen) atoms. The molecule has 0 bridgehead atoms. The maximum Gasteiger partial charge on any atom is 0.281 e. The molecular weight excluding hydrogens is 259 g/mol. The van der Waals surface area contributed by atoms with Gasteiger partial charge in [-0.05, 0) is 38.7 Å². The van der Waals surface area contributed by atoms with E-state index in [0.29, 0.717) is 16.5 Å². The minimum Gasteiger partial charge on any atom is -0.710 e. The number of nitrogens with zero attached hydrogens (tertiary/aromatic N) is 2. The Labute approximate surface area is 113 Å². The van der Waals surface area contributed by atoms with Crippen LogP contribution >= 0.6 is 24.0 Å². The van der Waals surface area contributed by atoms with E-state index in [1.807, 2.05) is 0 Å². The van der Waals surface area contributed by atoms with E-state index in [0.717, 1.165) is 30.7 Å². The van der Waals surface area contributed by atoms with Gasteiger partial charge in [0.15, 0.2) is 0 Å². The summed E-state index contributed by atoms with van der Waals surface area (Å²) in [6.45, 7) is 3.71. The Bertz CT molecular complexity index is 377. The number of hydrogen-bond acceptors (Lipinski definition) is 2. The lowest BCUT2D eigenvalue weighted by Crippen LogP contribution is -2.40. The zero-order chi connectivity index (χ0) is 11.5. The normalized spacial score (nSPS) is 16.2. The standard InChI is InChI=1S/C12H17ClN2O.ClH/c1-10-8-11(13)9-12(15(10)16)14-6-4-2-3-5-7-14;/h8-9H,2-7H2,1H3;1H. The van der Waals surface area contributed by atoms with Gasteiger partial charge in [-0.15, -0.1) is 12.4 Å². The minimum absolute atomic E-state index is 0. The molecule has 1 saturated heterocycles. The van der Waals surface area contributed by atoms with Crippen LogP contribution in [0.2, 0.25) is 5.02 Å². The summed E-state index contributed by atoms with van der Waals surface area (Å²) >= 11 is 6.00. The molecule has 96 valence electrons. The summed E-state index contributed by atoms with van der Waals surface area (Å²) in [5.74, 6) is 0.701. The van der Waals surface area contributed by atoms with Crippen molar-refractivity contribution in [3.05, 3.63) is 28.1 Å². The molecule has 0 radical (unpaired) electrons. The lowest BCUT2D eigenvalue weighted by Gasteiger charge is -2.20. The first-order chi connectivity index (χ1) is 7.68. The topological polar surface area (TPSA) is 30.2 Å². The second-order valence-corrected chi connectivity index (χ2v) is 4.81. The van der Waals surface area contributed by atoms with Crippen molar-refractivity contribution in [2.75, 3.05) is 18.0 Å². The van der Waals surface area contributed by atoms with Gasteiger partial charge in [-0.25, -0.2) is 4.73 Å². The van der Waals surface area contributed by atoms with Gasteiger partial charge in [-0.3, -0.25) is 4.90 Å². The minimum atomic E-state index is 0. The van der Waals surface area contributed by atoms with Crippen LogP contribution in [0, 0.1) is 12.1 Å². The first-order valence-electron chi connectivity index (χ1n) is 5.83. The predicted octanol–water partition coefficient (Wildman–Crippen LogP) is 3.08. The van der Waals surface area contributed by atoms with E-state index >= 15 is 0 Å². The van der Waals surface area contributed by atoms with Gasteiger partial charge in [0, 0.05) is 6.07 Å². The fourth-order valence-corrected chi connectivity index (χ4v) is 2.44. The van der Waals surface area contributed by atoms with Gasteiger partial charge in [0.1, 0.15) is 5.69 Å². The zero-order valence-electron chi connectivity index (χ0n) is 9.99. The molecule has 0 amide bonds. The Kier molecular flexibility index (Phi) is 5.34. The number of halogens is 2. The first-order valence-corrected chi connectivity index (χ1v) is 6.21. The van der Waals surface area contributed by atoms with E-state index in [1.165, 1.54) is 12.8 Å². The molecule has 1 fully saturated rings. The van der Waals surface area contributed by atoms with Crippen LogP contribution in [0.25, 0.3) is 0 Å². The molecule has 0 unspecified atom stereocenters. The van der Waals surface area contributed by atoms with Crippen LogP contribution in [-0.4, -0.2) is 13.1 Å². The van der Waals surface area contributed by atoms with Gasteiger partial charge in [0.25, 0.3) is 5.82 Å². The number of pyridine rings is 1. The average Bonchev–Trinajstić information content (AvgIpc) is 2.51. The lowest BCUT2D eigenvalue weighted by molar-refractivity contribution is -0.599. The Balaban J connectivity index is 0.00000144. The van der Waals surface area contributed by atoms with Crippen LogP contribution in [0.1, 0.15) is 31.4 Å². The average molecular weight is 277 g/mol. The second kappa shape index (κ2) is 6.31. The van der Waals surface area contributed by atoms with E-state index in [-0.39, 0.29) is 12.4 Å². The van der Waals surface area contributed by atoms with E-state index < -0.39 is 0 Å². The van der Waals surface area contributed by atoms with Crippen molar-refractivity contribution in [1.29, 1.82) is 0 Å². The molecular formula is C12H18Cl2N2O. The molecule has 1 aliphatic rings. The molecule has 1 aromatic heterocycles. The van der Waals surface area contributed by atoms with E-state index in [4.69, 9.17) is 11.6 Å². The van der Waals surface area contributed by atoms with Crippen molar-refractivity contribution in [1.82, 2.24) is 0 Å². The van der Waals surface area contributed by atoms with Crippen LogP contribution in [0.5, 0.6) is 0 Å². The van der Waals surface area contributed by atoms with Gasteiger partial charge in [0.05, 0.1) is 18.1 Å². The Hall–Kier alpha value is -0.670. The smallest absolute Gasteiger partial charge is 0.281 e. The van der Waals surface area contributed by atoms with E-state index in [9.17, 15) is 5.21 Å².